The Morgan fingerprint density at radius 1 is 0.968 bits per heavy atom. The second kappa shape index (κ2) is 7.77. The van der Waals surface area contributed by atoms with Crippen LogP contribution >= 0.6 is 0 Å². The summed E-state index contributed by atoms with van der Waals surface area (Å²) in [6.45, 7) is 3.97. The predicted molar refractivity (Wildman–Crippen MR) is 123 cm³/mol. The van der Waals surface area contributed by atoms with Crippen LogP contribution in [0.4, 0.5) is 0 Å². The average Bonchev–Trinajstić information content (AvgIpc) is 3.42. The van der Waals surface area contributed by atoms with Gasteiger partial charge in [-0.05, 0) is 60.9 Å². The standard InChI is InChI=1S/C27H29N3O/c1-2-9-23(10-3-1)30-26-12-6-8-21(24(26)19-28-30)13-16-29-17-14-27(15-18-29)25-11-5-4-7-22(25)20-31-27/h1-5,7,9-11,13,19H,6,8,12,14-18,20H2/b21-13-. The van der Waals surface area contributed by atoms with Crippen LogP contribution in [0.3, 0.4) is 0 Å². The first-order chi connectivity index (χ1) is 15.3. The quantitative estimate of drug-likeness (QED) is 0.600. The number of para-hydroxylation sites is 1. The SMILES string of the molecule is C(/CN1CCC2(CC1)OCc1ccccc12)=C1\CCCc2c1cnn2-c1ccccc1. The van der Waals surface area contributed by atoms with Gasteiger partial charge in [0.05, 0.1) is 29.8 Å². The number of nitrogens with zero attached hydrogens (tertiary/aromatic N) is 3. The highest BCUT2D eigenvalue weighted by Gasteiger charge is 2.42. The van der Waals surface area contributed by atoms with Crippen molar-refractivity contribution < 1.29 is 4.74 Å². The summed E-state index contributed by atoms with van der Waals surface area (Å²) in [6, 6.07) is 19.3. The molecule has 0 unspecified atom stereocenters. The summed E-state index contributed by atoms with van der Waals surface area (Å²) in [5, 5.41) is 4.73. The third-order valence-corrected chi connectivity index (χ3v) is 7.35. The molecular weight excluding hydrogens is 382 g/mol. The molecule has 0 bridgehead atoms. The van der Waals surface area contributed by atoms with E-state index in [1.54, 1.807) is 0 Å². The number of likely N-dealkylation sites (tertiary alicyclic amines) is 1. The van der Waals surface area contributed by atoms with Gasteiger partial charge in [0.15, 0.2) is 0 Å². The Kier molecular flexibility index (Phi) is 4.77. The summed E-state index contributed by atoms with van der Waals surface area (Å²) in [7, 11) is 0. The number of ether oxygens (including phenoxy) is 1. The molecule has 2 aromatic carbocycles. The van der Waals surface area contributed by atoms with Gasteiger partial charge in [0, 0.05) is 25.2 Å². The Morgan fingerprint density at radius 3 is 2.65 bits per heavy atom. The van der Waals surface area contributed by atoms with E-state index in [4.69, 9.17) is 9.84 Å². The summed E-state index contributed by atoms with van der Waals surface area (Å²) >= 11 is 0. The van der Waals surface area contributed by atoms with Crippen molar-refractivity contribution in [3.63, 3.8) is 0 Å². The number of rotatable bonds is 3. The summed E-state index contributed by atoms with van der Waals surface area (Å²) < 4.78 is 8.46. The van der Waals surface area contributed by atoms with Gasteiger partial charge < -0.3 is 4.74 Å². The highest BCUT2D eigenvalue weighted by Crippen LogP contribution is 2.44. The normalized spacial score (nSPS) is 21.4. The first-order valence-electron chi connectivity index (χ1n) is 11.6. The predicted octanol–water partition coefficient (Wildman–Crippen LogP) is 5.11. The van der Waals surface area contributed by atoms with E-state index >= 15 is 0 Å². The van der Waals surface area contributed by atoms with E-state index in [1.165, 1.54) is 34.4 Å². The molecule has 158 valence electrons. The van der Waals surface area contributed by atoms with Gasteiger partial charge in [0.2, 0.25) is 0 Å². The summed E-state index contributed by atoms with van der Waals surface area (Å²) in [6.07, 6.45) is 10.2. The van der Waals surface area contributed by atoms with Crippen LogP contribution in [0.1, 0.15) is 48.1 Å². The molecule has 0 atom stereocenters. The number of hydrogen-bond donors (Lipinski definition) is 0. The molecule has 4 heteroatoms. The minimum Gasteiger partial charge on any atom is -0.365 e. The maximum Gasteiger partial charge on any atom is 0.0963 e. The lowest BCUT2D eigenvalue weighted by molar-refractivity contribution is -0.0773. The van der Waals surface area contributed by atoms with E-state index in [2.05, 4.69) is 76.5 Å². The molecular formula is C27H29N3O. The van der Waals surface area contributed by atoms with Crippen LogP contribution in [-0.2, 0) is 23.4 Å². The van der Waals surface area contributed by atoms with Crippen molar-refractivity contribution in [3.8, 4) is 5.69 Å². The van der Waals surface area contributed by atoms with Crippen LogP contribution in [-0.4, -0.2) is 34.3 Å². The highest BCUT2D eigenvalue weighted by atomic mass is 16.5. The molecule has 31 heavy (non-hydrogen) atoms. The van der Waals surface area contributed by atoms with Gasteiger partial charge >= 0.3 is 0 Å². The van der Waals surface area contributed by atoms with Crippen LogP contribution in [0.2, 0.25) is 0 Å². The molecule has 3 aromatic rings. The molecule has 0 amide bonds. The van der Waals surface area contributed by atoms with E-state index in [-0.39, 0.29) is 5.60 Å². The first-order valence-corrected chi connectivity index (χ1v) is 11.6. The monoisotopic (exact) mass is 411 g/mol. The first kappa shape index (κ1) is 19.0. The minimum atomic E-state index is -0.0466. The minimum absolute atomic E-state index is 0.0466. The van der Waals surface area contributed by atoms with Crippen LogP contribution in [0, 0.1) is 0 Å². The number of benzene rings is 2. The fourth-order valence-electron chi connectivity index (χ4n) is 5.60. The van der Waals surface area contributed by atoms with Crippen molar-refractivity contribution in [2.75, 3.05) is 19.6 Å². The zero-order valence-corrected chi connectivity index (χ0v) is 18.0. The molecule has 1 spiro atoms. The van der Waals surface area contributed by atoms with Crippen molar-refractivity contribution in [3.05, 3.63) is 89.3 Å². The van der Waals surface area contributed by atoms with Crippen LogP contribution in [0.25, 0.3) is 11.3 Å². The molecule has 1 fully saturated rings. The number of piperidine rings is 1. The number of aromatic nitrogens is 2. The molecule has 1 saturated heterocycles. The maximum atomic E-state index is 6.33. The summed E-state index contributed by atoms with van der Waals surface area (Å²) in [4.78, 5) is 2.58. The Hall–Kier alpha value is -2.69. The Labute approximate surface area is 184 Å². The molecule has 6 rings (SSSR count). The smallest absolute Gasteiger partial charge is 0.0963 e. The van der Waals surface area contributed by atoms with Crippen LogP contribution in [0.15, 0.2) is 66.9 Å². The summed E-state index contributed by atoms with van der Waals surface area (Å²) in [5.74, 6) is 0. The van der Waals surface area contributed by atoms with Gasteiger partial charge in [0.1, 0.15) is 0 Å². The molecule has 1 aliphatic carbocycles. The molecule has 3 aliphatic rings. The van der Waals surface area contributed by atoms with Gasteiger partial charge in [-0.2, -0.15) is 5.10 Å². The van der Waals surface area contributed by atoms with Gasteiger partial charge in [-0.3, -0.25) is 4.90 Å². The molecule has 1 aromatic heterocycles. The van der Waals surface area contributed by atoms with Gasteiger partial charge in [-0.1, -0.05) is 48.5 Å². The van der Waals surface area contributed by atoms with Crippen LogP contribution in [0.5, 0.6) is 0 Å². The van der Waals surface area contributed by atoms with E-state index in [0.29, 0.717) is 0 Å². The topological polar surface area (TPSA) is 30.3 Å². The lowest BCUT2D eigenvalue weighted by atomic mass is 9.84. The molecule has 0 saturated carbocycles. The molecule has 0 N–H and O–H groups in total. The number of hydrogen-bond acceptors (Lipinski definition) is 3. The Morgan fingerprint density at radius 2 is 1.77 bits per heavy atom. The Balaban J connectivity index is 1.16. The second-order valence-electron chi connectivity index (χ2n) is 9.08. The van der Waals surface area contributed by atoms with Crippen molar-refractivity contribution in [1.82, 2.24) is 14.7 Å². The van der Waals surface area contributed by atoms with E-state index < -0.39 is 0 Å². The summed E-state index contributed by atoms with van der Waals surface area (Å²) in [5.41, 5.74) is 8.08. The average molecular weight is 412 g/mol. The van der Waals surface area contributed by atoms with E-state index in [1.807, 2.05) is 0 Å². The second-order valence-corrected chi connectivity index (χ2v) is 9.08. The third kappa shape index (κ3) is 3.35. The molecule has 4 nitrogen and oxygen atoms in total. The Bertz CT molecular complexity index is 1110. The fraction of sp³-hybridized carbons (Fsp3) is 0.370. The largest absolute Gasteiger partial charge is 0.365 e. The van der Waals surface area contributed by atoms with Gasteiger partial charge in [-0.25, -0.2) is 4.68 Å². The van der Waals surface area contributed by atoms with Crippen molar-refractivity contribution in [2.45, 2.75) is 44.3 Å². The molecule has 0 radical (unpaired) electrons. The maximum absolute atomic E-state index is 6.33. The fourth-order valence-corrected chi connectivity index (χ4v) is 5.60. The molecule has 2 aliphatic heterocycles. The van der Waals surface area contributed by atoms with Crippen molar-refractivity contribution >= 4 is 5.57 Å². The van der Waals surface area contributed by atoms with E-state index in [9.17, 15) is 0 Å². The van der Waals surface area contributed by atoms with Gasteiger partial charge in [0.25, 0.3) is 0 Å². The molecule has 3 heterocycles. The number of fused-ring (bicyclic) bond motifs is 3. The zero-order valence-electron chi connectivity index (χ0n) is 18.0. The van der Waals surface area contributed by atoms with Crippen LogP contribution < -0.4 is 0 Å². The van der Waals surface area contributed by atoms with E-state index in [0.717, 1.165) is 57.6 Å². The number of allylic oxidation sites excluding steroid dienone is 1. The highest BCUT2D eigenvalue weighted by molar-refractivity contribution is 5.69. The van der Waals surface area contributed by atoms with Gasteiger partial charge in [-0.15, -0.1) is 0 Å². The van der Waals surface area contributed by atoms with Crippen molar-refractivity contribution in [2.24, 2.45) is 0 Å². The van der Waals surface area contributed by atoms with Crippen molar-refractivity contribution in [1.29, 1.82) is 0 Å². The zero-order chi connectivity index (χ0) is 20.7. The lowest BCUT2D eigenvalue weighted by Gasteiger charge is -2.39. The lowest BCUT2D eigenvalue weighted by Crippen LogP contribution is -2.42. The third-order valence-electron chi connectivity index (χ3n) is 7.35.